The molecule has 0 unspecified atom stereocenters. The van der Waals surface area contributed by atoms with Crippen LogP contribution in [0.4, 0.5) is 5.69 Å². The van der Waals surface area contributed by atoms with Crippen molar-refractivity contribution >= 4 is 40.6 Å². The molecule has 8 heteroatoms. The molecule has 28 heavy (non-hydrogen) atoms. The van der Waals surface area contributed by atoms with Gasteiger partial charge in [0.25, 0.3) is 5.91 Å². The van der Waals surface area contributed by atoms with Crippen LogP contribution in [0.25, 0.3) is 6.08 Å². The maximum atomic E-state index is 12.2. The van der Waals surface area contributed by atoms with E-state index in [2.05, 4.69) is 10.3 Å². The first-order valence-electron chi connectivity index (χ1n) is 8.33. The highest BCUT2D eigenvalue weighted by Gasteiger charge is 2.24. The fourth-order valence-corrected chi connectivity index (χ4v) is 3.27. The molecule has 2 aromatic rings. The number of rotatable bonds is 6. The van der Waals surface area contributed by atoms with Gasteiger partial charge in [0, 0.05) is 0 Å². The minimum absolute atomic E-state index is 0.235. The maximum absolute atomic E-state index is 12.2. The minimum atomic E-state index is -1.04. The molecule has 1 saturated heterocycles. The Kier molecular flexibility index (Phi) is 6.00. The number of carboxylic acid groups (broad SMARTS) is 1. The van der Waals surface area contributed by atoms with Gasteiger partial charge in [-0.1, -0.05) is 18.2 Å². The normalized spacial score (nSPS) is 16.3. The van der Waals surface area contributed by atoms with Gasteiger partial charge in [-0.15, -0.1) is 0 Å². The molecule has 7 nitrogen and oxygen atoms in total. The molecule has 0 aromatic heterocycles. The Hall–Kier alpha value is -3.26. The molecule has 0 bridgehead atoms. The molecule has 2 N–H and O–H groups in total. The molecule has 144 valence electrons. The zero-order valence-corrected chi connectivity index (χ0v) is 16.1. The molecule has 1 heterocycles. The summed E-state index contributed by atoms with van der Waals surface area (Å²) >= 11 is 1.24. The average molecular weight is 398 g/mol. The van der Waals surface area contributed by atoms with Crippen molar-refractivity contribution in [3.63, 3.8) is 0 Å². The molecule has 1 aliphatic rings. The van der Waals surface area contributed by atoms with Gasteiger partial charge < -0.3 is 19.9 Å². The van der Waals surface area contributed by atoms with E-state index in [9.17, 15) is 9.59 Å². The highest BCUT2D eigenvalue weighted by molar-refractivity contribution is 8.18. The van der Waals surface area contributed by atoms with Gasteiger partial charge in [0.05, 0.1) is 12.0 Å². The predicted octanol–water partition coefficient (Wildman–Crippen LogP) is 3.36. The number of nitrogens with one attached hydrogen (secondary N) is 1. The van der Waals surface area contributed by atoms with Gasteiger partial charge in [0.1, 0.15) is 17.2 Å². The Labute approximate surface area is 166 Å². The number of amidine groups is 1. The predicted molar refractivity (Wildman–Crippen MR) is 108 cm³/mol. The second-order valence-electron chi connectivity index (χ2n) is 5.91. The van der Waals surface area contributed by atoms with Crippen LogP contribution in [0.1, 0.15) is 11.1 Å². The highest BCUT2D eigenvalue weighted by Crippen LogP contribution is 2.33. The second kappa shape index (κ2) is 8.62. The van der Waals surface area contributed by atoms with E-state index >= 15 is 0 Å². The minimum Gasteiger partial charge on any atom is -0.494 e. The Morgan fingerprint density at radius 3 is 2.68 bits per heavy atom. The van der Waals surface area contributed by atoms with Crippen LogP contribution in [0.15, 0.2) is 52.4 Å². The van der Waals surface area contributed by atoms with Crippen molar-refractivity contribution in [1.29, 1.82) is 0 Å². The highest BCUT2D eigenvalue weighted by atomic mass is 32.2. The number of hydrogen-bond donors (Lipinski definition) is 2. The van der Waals surface area contributed by atoms with Crippen LogP contribution in [-0.4, -0.2) is 35.9 Å². The largest absolute Gasteiger partial charge is 0.494 e. The first-order chi connectivity index (χ1) is 13.4. The summed E-state index contributed by atoms with van der Waals surface area (Å²) < 4.78 is 10.4. The van der Waals surface area contributed by atoms with Gasteiger partial charge in [0.2, 0.25) is 0 Å². The molecule has 0 aliphatic carbocycles. The number of ether oxygens (including phenoxy) is 2. The number of methoxy groups -OCH3 is 1. The number of carbonyl (C=O) groups excluding carboxylic acids is 1. The number of aliphatic imine (C=N–C) groups is 1. The van der Waals surface area contributed by atoms with Crippen molar-refractivity contribution in [2.75, 3.05) is 13.7 Å². The van der Waals surface area contributed by atoms with Crippen LogP contribution in [-0.2, 0) is 9.59 Å². The summed E-state index contributed by atoms with van der Waals surface area (Å²) in [5, 5.41) is 11.8. The molecule has 0 atom stereocenters. The van der Waals surface area contributed by atoms with Crippen molar-refractivity contribution in [1.82, 2.24) is 5.32 Å². The van der Waals surface area contributed by atoms with Crippen molar-refractivity contribution < 1.29 is 24.2 Å². The molecule has 0 saturated carbocycles. The third-order valence-electron chi connectivity index (χ3n) is 3.75. The van der Waals surface area contributed by atoms with Gasteiger partial charge in [0.15, 0.2) is 11.8 Å². The lowest BCUT2D eigenvalue weighted by Crippen LogP contribution is -2.19. The second-order valence-corrected chi connectivity index (χ2v) is 6.94. The lowest BCUT2D eigenvalue weighted by atomic mass is 10.2. The summed E-state index contributed by atoms with van der Waals surface area (Å²) in [5.74, 6) is -0.201. The van der Waals surface area contributed by atoms with Crippen molar-refractivity contribution in [2.24, 2.45) is 4.99 Å². The third-order valence-corrected chi connectivity index (χ3v) is 4.66. The van der Waals surface area contributed by atoms with Crippen LogP contribution >= 0.6 is 11.8 Å². The average Bonchev–Trinajstić information content (AvgIpc) is 3.00. The number of aryl methyl sites for hydroxylation is 1. The Bertz CT molecular complexity index is 967. The van der Waals surface area contributed by atoms with E-state index in [1.54, 1.807) is 37.5 Å². The van der Waals surface area contributed by atoms with Crippen molar-refractivity contribution in [2.45, 2.75) is 6.92 Å². The maximum Gasteiger partial charge on any atom is 0.341 e. The number of amides is 1. The molecular formula is C20H18N2O5S. The van der Waals surface area contributed by atoms with Crippen LogP contribution in [0.3, 0.4) is 0 Å². The summed E-state index contributed by atoms with van der Waals surface area (Å²) in [7, 11) is 1.57. The summed E-state index contributed by atoms with van der Waals surface area (Å²) in [4.78, 5) is 27.8. The molecule has 3 rings (SSSR count). The van der Waals surface area contributed by atoms with E-state index < -0.39 is 12.6 Å². The lowest BCUT2D eigenvalue weighted by molar-refractivity contribution is -0.139. The molecule has 0 radical (unpaired) electrons. The van der Waals surface area contributed by atoms with Crippen molar-refractivity contribution in [3.8, 4) is 11.5 Å². The van der Waals surface area contributed by atoms with Crippen LogP contribution in [0.5, 0.6) is 11.5 Å². The van der Waals surface area contributed by atoms with E-state index in [4.69, 9.17) is 14.6 Å². The lowest BCUT2D eigenvalue weighted by Gasteiger charge is -2.05. The smallest absolute Gasteiger partial charge is 0.341 e. The Morgan fingerprint density at radius 2 is 2.00 bits per heavy atom. The van der Waals surface area contributed by atoms with E-state index in [1.807, 2.05) is 25.1 Å². The van der Waals surface area contributed by atoms with Crippen LogP contribution in [0, 0.1) is 6.92 Å². The third kappa shape index (κ3) is 4.92. The molecule has 1 aliphatic heterocycles. The molecule has 0 spiro atoms. The number of benzene rings is 2. The number of hydrogen-bond acceptors (Lipinski definition) is 6. The van der Waals surface area contributed by atoms with E-state index in [0.717, 1.165) is 11.1 Å². The number of nitrogens with zero attached hydrogens (tertiary/aromatic N) is 1. The van der Waals surface area contributed by atoms with Gasteiger partial charge in [-0.25, -0.2) is 9.79 Å². The molecule has 1 fully saturated rings. The van der Waals surface area contributed by atoms with Gasteiger partial charge in [-0.05, 0) is 60.2 Å². The molecule has 2 aromatic carbocycles. The fraction of sp³-hybridized carbons (Fsp3) is 0.150. The summed E-state index contributed by atoms with van der Waals surface area (Å²) in [6, 6.07) is 12.4. The first-order valence-corrected chi connectivity index (χ1v) is 9.15. The van der Waals surface area contributed by atoms with E-state index in [0.29, 0.717) is 27.3 Å². The number of thioether (sulfide) groups is 1. The van der Waals surface area contributed by atoms with Gasteiger partial charge >= 0.3 is 5.97 Å². The zero-order valence-electron chi connectivity index (χ0n) is 15.3. The summed E-state index contributed by atoms with van der Waals surface area (Å²) in [5.41, 5.74) is 2.47. The van der Waals surface area contributed by atoms with Gasteiger partial charge in [-0.3, -0.25) is 4.79 Å². The van der Waals surface area contributed by atoms with Gasteiger partial charge in [-0.2, -0.15) is 0 Å². The van der Waals surface area contributed by atoms with Crippen molar-refractivity contribution in [3.05, 3.63) is 58.5 Å². The van der Waals surface area contributed by atoms with Crippen LogP contribution < -0.4 is 14.8 Å². The quantitative estimate of drug-likeness (QED) is 0.724. The summed E-state index contributed by atoms with van der Waals surface area (Å²) in [6.07, 6.45) is 1.73. The standard InChI is InChI=1S/C20H18N2O5S/c1-12-3-8-16(26-2)15(9-12)21-20-22-19(25)17(28-20)10-13-4-6-14(7-5-13)27-11-18(23)24/h3-10H,11H2,1-2H3,(H,23,24)(H,21,22,25)/b17-10-. The SMILES string of the molecule is COc1ccc(C)cc1N=C1NC(=O)/C(=C/c2ccc(OCC(=O)O)cc2)S1. The fourth-order valence-electron chi connectivity index (χ4n) is 2.43. The van der Waals surface area contributed by atoms with E-state index in [1.165, 1.54) is 11.8 Å². The number of carbonyl (C=O) groups is 2. The summed E-state index contributed by atoms with van der Waals surface area (Å²) in [6.45, 7) is 1.56. The topological polar surface area (TPSA) is 97.2 Å². The van der Waals surface area contributed by atoms with E-state index in [-0.39, 0.29) is 5.91 Å². The molecular weight excluding hydrogens is 380 g/mol. The molecule has 1 amide bonds. The zero-order chi connectivity index (χ0) is 20.1. The Morgan fingerprint density at radius 1 is 1.25 bits per heavy atom. The Balaban J connectivity index is 1.75. The number of aliphatic carboxylic acids is 1. The van der Waals surface area contributed by atoms with Crippen LogP contribution in [0.2, 0.25) is 0 Å². The first kappa shape index (κ1) is 19.5. The number of carboxylic acids is 1. The monoisotopic (exact) mass is 398 g/mol.